The van der Waals surface area contributed by atoms with Crippen LogP contribution in [0.2, 0.25) is 5.02 Å². The molecule has 1 aliphatic heterocycles. The van der Waals surface area contributed by atoms with E-state index in [0.29, 0.717) is 10.7 Å². The van der Waals surface area contributed by atoms with Gasteiger partial charge in [0, 0.05) is 4.88 Å². The fourth-order valence-corrected chi connectivity index (χ4v) is 2.84. The molecule has 1 amide bonds. The lowest BCUT2D eigenvalue weighted by Gasteiger charge is -2.26. The first-order chi connectivity index (χ1) is 8.25. The van der Waals surface area contributed by atoms with Gasteiger partial charge in [-0.25, -0.2) is 0 Å². The zero-order chi connectivity index (χ0) is 11.8. The van der Waals surface area contributed by atoms with Crippen molar-refractivity contribution in [2.45, 2.75) is 6.04 Å². The normalized spacial score (nSPS) is 18.2. The number of hydrogen-bond donors (Lipinski definition) is 2. The number of carbonyl (C=O) groups is 1. The molecule has 1 aromatic carbocycles. The first-order valence-corrected chi connectivity index (χ1v) is 6.41. The van der Waals surface area contributed by atoms with Crippen molar-refractivity contribution in [2.75, 3.05) is 10.6 Å². The molecule has 3 rings (SSSR count). The third-order valence-electron chi connectivity index (χ3n) is 2.65. The first kappa shape index (κ1) is 10.6. The molecule has 2 heterocycles. The van der Waals surface area contributed by atoms with Crippen LogP contribution < -0.4 is 10.6 Å². The molecule has 0 radical (unpaired) electrons. The van der Waals surface area contributed by atoms with Gasteiger partial charge in [0.05, 0.1) is 16.4 Å². The Morgan fingerprint density at radius 2 is 2.12 bits per heavy atom. The second-order valence-corrected chi connectivity index (χ2v) is 5.13. The number of benzene rings is 1. The lowest BCUT2D eigenvalue weighted by molar-refractivity contribution is -0.117. The molecule has 86 valence electrons. The highest BCUT2D eigenvalue weighted by atomic mass is 35.5. The molecule has 0 aliphatic carbocycles. The van der Waals surface area contributed by atoms with Crippen molar-refractivity contribution in [3.63, 3.8) is 0 Å². The summed E-state index contributed by atoms with van der Waals surface area (Å²) in [5, 5.41) is 8.55. The predicted octanol–water partition coefficient (Wildman–Crippen LogP) is 3.51. The van der Waals surface area contributed by atoms with Gasteiger partial charge >= 0.3 is 0 Å². The first-order valence-electron chi connectivity index (χ1n) is 5.15. The number of para-hydroxylation sites is 1. The van der Waals surface area contributed by atoms with E-state index in [9.17, 15) is 4.79 Å². The lowest BCUT2D eigenvalue weighted by atomic mass is 10.1. The highest BCUT2D eigenvalue weighted by Gasteiger charge is 2.28. The van der Waals surface area contributed by atoms with Crippen molar-refractivity contribution < 1.29 is 4.79 Å². The van der Waals surface area contributed by atoms with E-state index in [1.807, 2.05) is 29.6 Å². The average Bonchev–Trinajstić information content (AvgIpc) is 2.83. The zero-order valence-corrected chi connectivity index (χ0v) is 10.3. The second kappa shape index (κ2) is 4.05. The molecular weight excluding hydrogens is 256 g/mol. The van der Waals surface area contributed by atoms with Crippen LogP contribution in [0.3, 0.4) is 0 Å². The van der Waals surface area contributed by atoms with Crippen LogP contribution in [-0.2, 0) is 4.79 Å². The van der Waals surface area contributed by atoms with Gasteiger partial charge in [-0.15, -0.1) is 11.3 Å². The molecule has 5 heteroatoms. The maximum Gasteiger partial charge on any atom is 0.252 e. The SMILES string of the molecule is O=C1Nc2c(Cl)cccc2NC1c1cccs1. The van der Waals surface area contributed by atoms with Crippen LogP contribution in [0.4, 0.5) is 11.4 Å². The van der Waals surface area contributed by atoms with Crippen molar-refractivity contribution in [3.05, 3.63) is 45.6 Å². The van der Waals surface area contributed by atoms with Gasteiger partial charge in [-0.1, -0.05) is 23.7 Å². The van der Waals surface area contributed by atoms with Crippen LogP contribution in [0.5, 0.6) is 0 Å². The van der Waals surface area contributed by atoms with Crippen LogP contribution >= 0.6 is 22.9 Å². The summed E-state index contributed by atoms with van der Waals surface area (Å²) in [4.78, 5) is 13.0. The Hall–Kier alpha value is -1.52. The molecule has 0 saturated heterocycles. The summed E-state index contributed by atoms with van der Waals surface area (Å²) >= 11 is 7.58. The van der Waals surface area contributed by atoms with E-state index in [4.69, 9.17) is 11.6 Å². The highest BCUT2D eigenvalue weighted by Crippen LogP contribution is 2.37. The van der Waals surface area contributed by atoms with Gasteiger partial charge in [0.1, 0.15) is 6.04 Å². The molecule has 2 aromatic rings. The number of thiophene rings is 1. The van der Waals surface area contributed by atoms with Crippen LogP contribution in [0.15, 0.2) is 35.7 Å². The molecule has 17 heavy (non-hydrogen) atoms. The summed E-state index contributed by atoms with van der Waals surface area (Å²) in [7, 11) is 0. The summed E-state index contributed by atoms with van der Waals surface area (Å²) in [6, 6.07) is 9.06. The molecule has 0 spiro atoms. The molecular formula is C12H9ClN2OS. The highest BCUT2D eigenvalue weighted by molar-refractivity contribution is 7.10. The third-order valence-corrected chi connectivity index (χ3v) is 3.90. The molecule has 1 aliphatic rings. The third kappa shape index (κ3) is 1.79. The van der Waals surface area contributed by atoms with Crippen molar-refractivity contribution in [2.24, 2.45) is 0 Å². The Balaban J connectivity index is 2.01. The Labute approximate surface area is 107 Å². The molecule has 0 fully saturated rings. The minimum absolute atomic E-state index is 0.0759. The Kier molecular flexibility index (Phi) is 2.53. The minimum Gasteiger partial charge on any atom is -0.368 e. The van der Waals surface area contributed by atoms with Gasteiger partial charge in [-0.2, -0.15) is 0 Å². The number of anilines is 2. The topological polar surface area (TPSA) is 41.1 Å². The zero-order valence-electron chi connectivity index (χ0n) is 8.74. The summed E-state index contributed by atoms with van der Waals surface area (Å²) in [6.45, 7) is 0. The minimum atomic E-state index is -0.332. The number of rotatable bonds is 1. The van der Waals surface area contributed by atoms with E-state index >= 15 is 0 Å². The number of amides is 1. The smallest absolute Gasteiger partial charge is 0.252 e. The number of nitrogens with one attached hydrogen (secondary N) is 2. The molecule has 0 bridgehead atoms. The standard InChI is InChI=1S/C12H9ClN2OS/c13-7-3-1-4-8-10(7)15-12(16)11(14-8)9-5-2-6-17-9/h1-6,11,14H,(H,15,16). The predicted molar refractivity (Wildman–Crippen MR) is 70.8 cm³/mol. The Morgan fingerprint density at radius 1 is 1.24 bits per heavy atom. The Bertz CT molecular complexity index is 568. The molecule has 2 N–H and O–H groups in total. The van der Waals surface area contributed by atoms with E-state index in [1.165, 1.54) is 0 Å². The fourth-order valence-electron chi connectivity index (χ4n) is 1.84. The molecule has 1 aromatic heterocycles. The van der Waals surface area contributed by atoms with E-state index in [1.54, 1.807) is 17.4 Å². The fraction of sp³-hybridized carbons (Fsp3) is 0.0833. The summed E-state index contributed by atoms with van der Waals surface area (Å²) in [6.07, 6.45) is 0. The molecule has 1 unspecified atom stereocenters. The summed E-state index contributed by atoms with van der Waals surface area (Å²) < 4.78 is 0. The van der Waals surface area contributed by atoms with Gasteiger partial charge in [-0.3, -0.25) is 4.79 Å². The van der Waals surface area contributed by atoms with Gasteiger partial charge in [-0.05, 0) is 23.6 Å². The number of carbonyl (C=O) groups excluding carboxylic acids is 1. The number of halogens is 1. The number of hydrogen-bond acceptors (Lipinski definition) is 3. The maximum absolute atomic E-state index is 12.0. The van der Waals surface area contributed by atoms with Crippen LogP contribution in [-0.4, -0.2) is 5.91 Å². The van der Waals surface area contributed by atoms with Gasteiger partial charge in [0.2, 0.25) is 0 Å². The van der Waals surface area contributed by atoms with Crippen molar-refractivity contribution >= 4 is 40.2 Å². The molecule has 0 saturated carbocycles. The lowest BCUT2D eigenvalue weighted by Crippen LogP contribution is -2.31. The van der Waals surface area contributed by atoms with Crippen LogP contribution in [0.1, 0.15) is 10.9 Å². The van der Waals surface area contributed by atoms with Crippen molar-refractivity contribution in [1.82, 2.24) is 0 Å². The maximum atomic E-state index is 12.0. The van der Waals surface area contributed by atoms with E-state index in [2.05, 4.69) is 10.6 Å². The van der Waals surface area contributed by atoms with Crippen molar-refractivity contribution in [1.29, 1.82) is 0 Å². The van der Waals surface area contributed by atoms with E-state index in [0.717, 1.165) is 10.6 Å². The van der Waals surface area contributed by atoms with E-state index < -0.39 is 0 Å². The van der Waals surface area contributed by atoms with Gasteiger partial charge in [0.25, 0.3) is 5.91 Å². The Morgan fingerprint density at radius 3 is 2.88 bits per heavy atom. The second-order valence-electron chi connectivity index (χ2n) is 3.74. The van der Waals surface area contributed by atoms with Crippen LogP contribution in [0, 0.1) is 0 Å². The van der Waals surface area contributed by atoms with E-state index in [-0.39, 0.29) is 11.9 Å². The van der Waals surface area contributed by atoms with Gasteiger partial charge in [0.15, 0.2) is 0 Å². The summed E-state index contributed by atoms with van der Waals surface area (Å²) in [5.41, 5.74) is 1.52. The van der Waals surface area contributed by atoms with Crippen molar-refractivity contribution in [3.8, 4) is 0 Å². The monoisotopic (exact) mass is 264 g/mol. The quantitative estimate of drug-likeness (QED) is 0.828. The summed E-state index contributed by atoms with van der Waals surface area (Å²) in [5.74, 6) is -0.0759. The number of fused-ring (bicyclic) bond motifs is 1. The largest absolute Gasteiger partial charge is 0.368 e. The van der Waals surface area contributed by atoms with Gasteiger partial charge < -0.3 is 10.6 Å². The molecule has 1 atom stereocenters. The van der Waals surface area contributed by atoms with Crippen LogP contribution in [0.25, 0.3) is 0 Å². The average molecular weight is 265 g/mol. The molecule has 3 nitrogen and oxygen atoms in total.